The van der Waals surface area contributed by atoms with Gasteiger partial charge in [0.25, 0.3) is 11.5 Å². The van der Waals surface area contributed by atoms with E-state index in [0.29, 0.717) is 23.0 Å². The average molecular weight is 342 g/mol. The molecule has 6 nitrogen and oxygen atoms in total. The number of benzene rings is 1. The van der Waals surface area contributed by atoms with Gasteiger partial charge in [0.2, 0.25) is 0 Å². The van der Waals surface area contributed by atoms with Crippen LogP contribution in [0.4, 0.5) is 11.4 Å². The third-order valence-electron chi connectivity index (χ3n) is 4.37. The minimum atomic E-state index is -0.410. The van der Waals surface area contributed by atoms with E-state index in [-0.39, 0.29) is 5.56 Å². The van der Waals surface area contributed by atoms with Crippen molar-refractivity contribution in [3.05, 3.63) is 51.4 Å². The summed E-state index contributed by atoms with van der Waals surface area (Å²) in [4.78, 5) is 27.1. The fourth-order valence-electron chi connectivity index (χ4n) is 2.89. The van der Waals surface area contributed by atoms with Gasteiger partial charge in [-0.2, -0.15) is 5.10 Å². The molecule has 0 saturated carbocycles. The Morgan fingerprint density at radius 1 is 1.24 bits per heavy atom. The van der Waals surface area contributed by atoms with E-state index in [1.165, 1.54) is 4.68 Å². The average Bonchev–Trinajstić information content (AvgIpc) is 2.55. The molecular weight excluding hydrogens is 316 g/mol. The zero-order chi connectivity index (χ0) is 18.7. The Morgan fingerprint density at radius 2 is 1.84 bits per heavy atom. The summed E-state index contributed by atoms with van der Waals surface area (Å²) in [5, 5.41) is 6.91. The molecule has 1 aromatic heterocycles. The molecule has 2 rings (SSSR count). The molecule has 0 fully saturated rings. The Labute approximate surface area is 148 Å². The first kappa shape index (κ1) is 18.7. The topological polar surface area (TPSA) is 67.2 Å². The number of carbonyl (C=O) groups is 1. The molecular formula is C19H26N4O2. The lowest BCUT2D eigenvalue weighted by atomic mass is 10.1. The van der Waals surface area contributed by atoms with Crippen molar-refractivity contribution < 1.29 is 4.79 Å². The van der Waals surface area contributed by atoms with Gasteiger partial charge in [0.1, 0.15) is 5.56 Å². The minimum Gasteiger partial charge on any atom is -0.369 e. The second-order valence-electron chi connectivity index (χ2n) is 6.39. The molecule has 0 bridgehead atoms. The lowest BCUT2D eigenvalue weighted by Gasteiger charge is -2.27. The summed E-state index contributed by atoms with van der Waals surface area (Å²) in [7, 11) is 1.55. The van der Waals surface area contributed by atoms with Crippen molar-refractivity contribution in [2.75, 3.05) is 16.8 Å². The predicted octanol–water partition coefficient (Wildman–Crippen LogP) is 2.88. The molecule has 0 unspecified atom stereocenters. The monoisotopic (exact) mass is 342 g/mol. The van der Waals surface area contributed by atoms with E-state index in [0.717, 1.165) is 12.2 Å². The highest BCUT2D eigenvalue weighted by Crippen LogP contribution is 2.20. The highest BCUT2D eigenvalue weighted by atomic mass is 16.2. The number of aryl methyl sites for hydroxylation is 2. The largest absolute Gasteiger partial charge is 0.369 e. The Kier molecular flexibility index (Phi) is 5.62. The van der Waals surface area contributed by atoms with E-state index < -0.39 is 11.5 Å². The quantitative estimate of drug-likeness (QED) is 0.907. The highest BCUT2D eigenvalue weighted by molar-refractivity contribution is 6.05. The van der Waals surface area contributed by atoms with Crippen molar-refractivity contribution >= 4 is 17.3 Å². The molecule has 0 atom stereocenters. The van der Waals surface area contributed by atoms with Gasteiger partial charge in [0, 0.05) is 31.0 Å². The summed E-state index contributed by atoms with van der Waals surface area (Å²) >= 11 is 0. The maximum atomic E-state index is 12.6. The molecule has 1 heterocycles. The van der Waals surface area contributed by atoms with Crippen molar-refractivity contribution in [1.29, 1.82) is 0 Å². The van der Waals surface area contributed by atoms with Crippen LogP contribution >= 0.6 is 0 Å². The third-order valence-corrected chi connectivity index (χ3v) is 4.37. The third kappa shape index (κ3) is 3.90. The summed E-state index contributed by atoms with van der Waals surface area (Å²) in [5.41, 5.74) is 2.77. The summed E-state index contributed by atoms with van der Waals surface area (Å²) in [6, 6.07) is 8.05. The first-order chi connectivity index (χ1) is 11.8. The van der Waals surface area contributed by atoms with Crippen molar-refractivity contribution in [2.45, 2.75) is 40.7 Å². The first-order valence-corrected chi connectivity index (χ1v) is 8.48. The fourth-order valence-corrected chi connectivity index (χ4v) is 2.89. The van der Waals surface area contributed by atoms with Crippen LogP contribution in [0.25, 0.3) is 0 Å². The van der Waals surface area contributed by atoms with Gasteiger partial charge in [0.05, 0.1) is 5.69 Å². The molecule has 2 aromatic rings. The van der Waals surface area contributed by atoms with Crippen LogP contribution in [0.3, 0.4) is 0 Å². The van der Waals surface area contributed by atoms with Crippen LogP contribution in [-0.4, -0.2) is 28.3 Å². The van der Waals surface area contributed by atoms with E-state index in [1.807, 2.05) is 24.3 Å². The molecule has 0 spiro atoms. The van der Waals surface area contributed by atoms with E-state index in [9.17, 15) is 9.59 Å². The van der Waals surface area contributed by atoms with Crippen LogP contribution in [0, 0.1) is 13.8 Å². The van der Waals surface area contributed by atoms with E-state index >= 15 is 0 Å². The molecule has 1 N–H and O–H groups in total. The summed E-state index contributed by atoms with van der Waals surface area (Å²) in [6.45, 7) is 10.8. The smallest absolute Gasteiger partial charge is 0.279 e. The van der Waals surface area contributed by atoms with Gasteiger partial charge in [-0.3, -0.25) is 9.59 Å². The van der Waals surface area contributed by atoms with Gasteiger partial charge in [-0.1, -0.05) is 0 Å². The van der Waals surface area contributed by atoms with Crippen molar-refractivity contribution in [2.24, 2.45) is 7.05 Å². The summed E-state index contributed by atoms with van der Waals surface area (Å²) in [6.07, 6.45) is 0. The zero-order valence-electron chi connectivity index (χ0n) is 15.8. The van der Waals surface area contributed by atoms with Crippen molar-refractivity contribution in [1.82, 2.24) is 9.78 Å². The molecule has 0 aliphatic carbocycles. The normalized spacial score (nSPS) is 10.8. The summed E-state index contributed by atoms with van der Waals surface area (Å²) < 4.78 is 1.20. The van der Waals surface area contributed by atoms with Crippen LogP contribution in [0.5, 0.6) is 0 Å². The molecule has 1 amide bonds. The molecule has 0 saturated heterocycles. The number of anilines is 2. The molecule has 6 heteroatoms. The van der Waals surface area contributed by atoms with Gasteiger partial charge >= 0.3 is 0 Å². The molecule has 25 heavy (non-hydrogen) atoms. The molecule has 134 valence electrons. The SMILES string of the molecule is CCN(c1ccc(NC(=O)c2c(C)c(C)nn(C)c2=O)cc1)C(C)C. The fraction of sp³-hybridized carbons (Fsp3) is 0.421. The number of carbonyl (C=O) groups excluding carboxylic acids is 1. The van der Waals surface area contributed by atoms with E-state index in [2.05, 4.69) is 36.1 Å². The van der Waals surface area contributed by atoms with Crippen molar-refractivity contribution in [3.8, 4) is 0 Å². The Balaban J connectivity index is 2.27. The van der Waals surface area contributed by atoms with Crippen LogP contribution in [-0.2, 0) is 7.05 Å². The van der Waals surface area contributed by atoms with Crippen molar-refractivity contribution in [3.63, 3.8) is 0 Å². The zero-order valence-corrected chi connectivity index (χ0v) is 15.8. The molecule has 0 aliphatic heterocycles. The van der Waals surface area contributed by atoms with Gasteiger partial charge in [-0.15, -0.1) is 0 Å². The number of nitrogens with zero attached hydrogens (tertiary/aromatic N) is 3. The maximum absolute atomic E-state index is 12.6. The van der Waals surface area contributed by atoms with Crippen LogP contribution in [0.1, 0.15) is 42.4 Å². The van der Waals surface area contributed by atoms with E-state index in [4.69, 9.17) is 0 Å². The van der Waals surface area contributed by atoms with Crippen LogP contribution < -0.4 is 15.8 Å². The van der Waals surface area contributed by atoms with Gasteiger partial charge in [-0.25, -0.2) is 4.68 Å². The Morgan fingerprint density at radius 3 is 2.36 bits per heavy atom. The number of amides is 1. The molecule has 0 radical (unpaired) electrons. The number of aromatic nitrogens is 2. The lowest BCUT2D eigenvalue weighted by Crippen LogP contribution is -2.31. The van der Waals surface area contributed by atoms with Crippen LogP contribution in [0.15, 0.2) is 29.1 Å². The number of hydrogen-bond donors (Lipinski definition) is 1. The Hall–Kier alpha value is -2.63. The standard InChI is InChI=1S/C19H26N4O2/c1-7-23(12(2)3)16-10-8-15(9-11-16)20-18(24)17-13(4)14(5)21-22(6)19(17)25/h8-12H,7H2,1-6H3,(H,20,24). The highest BCUT2D eigenvalue weighted by Gasteiger charge is 2.18. The maximum Gasteiger partial charge on any atom is 0.279 e. The predicted molar refractivity (Wildman–Crippen MR) is 102 cm³/mol. The number of hydrogen-bond acceptors (Lipinski definition) is 4. The second kappa shape index (κ2) is 7.51. The lowest BCUT2D eigenvalue weighted by molar-refractivity contribution is 0.102. The first-order valence-electron chi connectivity index (χ1n) is 8.48. The van der Waals surface area contributed by atoms with Gasteiger partial charge in [0.15, 0.2) is 0 Å². The number of nitrogens with one attached hydrogen (secondary N) is 1. The molecule has 0 aliphatic rings. The van der Waals surface area contributed by atoms with E-state index in [1.54, 1.807) is 20.9 Å². The Bertz CT molecular complexity index is 823. The van der Waals surface area contributed by atoms with Gasteiger partial charge < -0.3 is 10.2 Å². The van der Waals surface area contributed by atoms with Crippen LogP contribution in [0.2, 0.25) is 0 Å². The number of rotatable bonds is 5. The second-order valence-corrected chi connectivity index (χ2v) is 6.39. The van der Waals surface area contributed by atoms with Gasteiger partial charge in [-0.05, 0) is 64.4 Å². The minimum absolute atomic E-state index is 0.136. The summed E-state index contributed by atoms with van der Waals surface area (Å²) in [5.74, 6) is -0.410. The molecule has 1 aromatic carbocycles.